The molecule has 0 unspecified atom stereocenters. The third-order valence-corrected chi connectivity index (χ3v) is 4.56. The zero-order valence-electron chi connectivity index (χ0n) is 14.9. The number of carbonyl (C=O) groups is 1. The van der Waals surface area contributed by atoms with E-state index in [1.165, 1.54) is 12.8 Å². The number of nitrogens with zero attached hydrogens (tertiary/aromatic N) is 2. The van der Waals surface area contributed by atoms with Crippen molar-refractivity contribution in [1.29, 1.82) is 0 Å². The summed E-state index contributed by atoms with van der Waals surface area (Å²) in [6.07, 6.45) is 9.04. The van der Waals surface area contributed by atoms with Crippen LogP contribution in [0.5, 0.6) is 5.75 Å². The molecule has 0 radical (unpaired) electrons. The average molecular weight is 341 g/mol. The van der Waals surface area contributed by atoms with E-state index in [1.54, 1.807) is 6.20 Å². The van der Waals surface area contributed by atoms with Crippen LogP contribution < -0.4 is 10.1 Å². The first kappa shape index (κ1) is 17.5. The van der Waals surface area contributed by atoms with Crippen molar-refractivity contribution in [2.24, 2.45) is 0 Å². The van der Waals surface area contributed by atoms with E-state index >= 15 is 0 Å². The van der Waals surface area contributed by atoms with Crippen LogP contribution in [0.3, 0.4) is 0 Å². The molecule has 1 aromatic carbocycles. The lowest BCUT2D eigenvalue weighted by Crippen LogP contribution is -2.16. The highest BCUT2D eigenvalue weighted by Gasteiger charge is 2.16. The summed E-state index contributed by atoms with van der Waals surface area (Å²) in [7, 11) is 0. The van der Waals surface area contributed by atoms with Crippen molar-refractivity contribution in [3.8, 4) is 5.75 Å². The molecule has 1 aromatic heterocycles. The normalized spacial score (nSPS) is 14.6. The Balaban J connectivity index is 1.50. The number of aromatic nitrogens is 2. The van der Waals surface area contributed by atoms with Crippen LogP contribution in [-0.2, 0) is 17.8 Å². The molecule has 5 heteroatoms. The Morgan fingerprint density at radius 3 is 2.96 bits per heavy atom. The van der Waals surface area contributed by atoms with E-state index in [9.17, 15) is 4.79 Å². The molecule has 2 aromatic rings. The molecule has 1 saturated carbocycles. The quantitative estimate of drug-likeness (QED) is 0.783. The zero-order valence-corrected chi connectivity index (χ0v) is 14.9. The van der Waals surface area contributed by atoms with Crippen molar-refractivity contribution in [1.82, 2.24) is 9.78 Å². The number of benzene rings is 1. The first-order valence-electron chi connectivity index (χ1n) is 9.32. The first-order valence-corrected chi connectivity index (χ1v) is 9.32. The van der Waals surface area contributed by atoms with Gasteiger partial charge in [-0.1, -0.05) is 19.1 Å². The van der Waals surface area contributed by atoms with Crippen LogP contribution in [0.1, 0.15) is 51.0 Å². The molecule has 0 aliphatic heterocycles. The summed E-state index contributed by atoms with van der Waals surface area (Å²) in [5.74, 6) is 1.70. The third kappa shape index (κ3) is 5.08. The van der Waals surface area contributed by atoms with Gasteiger partial charge < -0.3 is 10.1 Å². The van der Waals surface area contributed by atoms with E-state index < -0.39 is 0 Å². The highest BCUT2D eigenvalue weighted by molar-refractivity contribution is 5.89. The number of nitrogens with one attached hydrogen (secondary N) is 1. The van der Waals surface area contributed by atoms with Crippen LogP contribution in [0.4, 0.5) is 5.82 Å². The van der Waals surface area contributed by atoms with Crippen LogP contribution in [0.2, 0.25) is 0 Å². The molecule has 1 amide bonds. The van der Waals surface area contributed by atoms with Gasteiger partial charge in [0.05, 0.1) is 12.3 Å². The van der Waals surface area contributed by atoms with Crippen molar-refractivity contribution in [3.63, 3.8) is 0 Å². The number of rotatable bonds is 8. The summed E-state index contributed by atoms with van der Waals surface area (Å²) in [5, 5.41) is 7.17. The maximum Gasteiger partial charge on any atom is 0.225 e. The molecule has 3 rings (SSSR count). The molecule has 0 bridgehead atoms. The Morgan fingerprint density at radius 2 is 2.16 bits per heavy atom. The first-order chi connectivity index (χ1) is 12.2. The predicted octanol–water partition coefficient (Wildman–Crippen LogP) is 4.19. The molecule has 5 nitrogen and oxygen atoms in total. The smallest absolute Gasteiger partial charge is 0.225 e. The van der Waals surface area contributed by atoms with Gasteiger partial charge in [0.1, 0.15) is 11.6 Å². The van der Waals surface area contributed by atoms with Gasteiger partial charge in [-0.25, -0.2) is 4.68 Å². The van der Waals surface area contributed by atoms with Gasteiger partial charge in [0.25, 0.3) is 0 Å². The minimum absolute atomic E-state index is 0.0139. The lowest BCUT2D eigenvalue weighted by molar-refractivity contribution is -0.116. The van der Waals surface area contributed by atoms with Gasteiger partial charge in [0.2, 0.25) is 5.91 Å². The van der Waals surface area contributed by atoms with Gasteiger partial charge in [0, 0.05) is 19.0 Å². The van der Waals surface area contributed by atoms with Crippen LogP contribution in [0, 0.1) is 0 Å². The molecule has 0 atom stereocenters. The molecular formula is C20H27N3O2. The fourth-order valence-corrected chi connectivity index (χ4v) is 3.27. The SMILES string of the molecule is CCCn1nccc1NC(=O)CCc1cccc(OC2CCCC2)c1. The second kappa shape index (κ2) is 8.70. The second-order valence-corrected chi connectivity index (χ2v) is 6.66. The number of hydrogen-bond acceptors (Lipinski definition) is 3. The number of anilines is 1. The zero-order chi connectivity index (χ0) is 17.5. The Kier molecular flexibility index (Phi) is 6.09. The molecule has 25 heavy (non-hydrogen) atoms. The number of amides is 1. The number of hydrogen-bond donors (Lipinski definition) is 1. The summed E-state index contributed by atoms with van der Waals surface area (Å²) in [4.78, 5) is 12.2. The summed E-state index contributed by atoms with van der Waals surface area (Å²) < 4.78 is 7.87. The number of aryl methyl sites for hydroxylation is 2. The van der Waals surface area contributed by atoms with E-state index in [4.69, 9.17) is 4.74 Å². The van der Waals surface area contributed by atoms with Crippen molar-refractivity contribution < 1.29 is 9.53 Å². The van der Waals surface area contributed by atoms with Crippen molar-refractivity contribution in [3.05, 3.63) is 42.1 Å². The van der Waals surface area contributed by atoms with Crippen LogP contribution in [-0.4, -0.2) is 21.8 Å². The number of carbonyl (C=O) groups excluding carboxylic acids is 1. The molecule has 134 valence electrons. The monoisotopic (exact) mass is 341 g/mol. The molecule has 0 saturated heterocycles. The summed E-state index contributed by atoms with van der Waals surface area (Å²) >= 11 is 0. The van der Waals surface area contributed by atoms with Crippen molar-refractivity contribution >= 4 is 11.7 Å². The van der Waals surface area contributed by atoms with E-state index in [0.717, 1.165) is 42.9 Å². The van der Waals surface area contributed by atoms with Gasteiger partial charge in [-0.2, -0.15) is 5.10 Å². The lowest BCUT2D eigenvalue weighted by Gasteiger charge is -2.14. The minimum Gasteiger partial charge on any atom is -0.490 e. The van der Waals surface area contributed by atoms with E-state index in [2.05, 4.69) is 29.5 Å². The second-order valence-electron chi connectivity index (χ2n) is 6.66. The van der Waals surface area contributed by atoms with E-state index in [-0.39, 0.29) is 5.91 Å². The molecule has 1 fully saturated rings. The maximum absolute atomic E-state index is 12.2. The summed E-state index contributed by atoms with van der Waals surface area (Å²) in [6, 6.07) is 9.96. The van der Waals surface area contributed by atoms with E-state index in [1.807, 2.05) is 22.9 Å². The Hall–Kier alpha value is -2.30. The van der Waals surface area contributed by atoms with Crippen LogP contribution in [0.15, 0.2) is 36.5 Å². The average Bonchev–Trinajstić information content (AvgIpc) is 3.26. The Labute approximate surface area is 149 Å². The van der Waals surface area contributed by atoms with E-state index in [0.29, 0.717) is 18.9 Å². The van der Waals surface area contributed by atoms with Gasteiger partial charge in [0.15, 0.2) is 0 Å². The van der Waals surface area contributed by atoms with Crippen LogP contribution >= 0.6 is 0 Å². The Morgan fingerprint density at radius 1 is 1.32 bits per heavy atom. The molecule has 1 N–H and O–H groups in total. The largest absolute Gasteiger partial charge is 0.490 e. The van der Waals surface area contributed by atoms with Gasteiger partial charge in [-0.05, 0) is 56.2 Å². The van der Waals surface area contributed by atoms with Crippen molar-refractivity contribution in [2.45, 2.75) is 64.5 Å². The van der Waals surface area contributed by atoms with Gasteiger partial charge >= 0.3 is 0 Å². The fourth-order valence-electron chi connectivity index (χ4n) is 3.27. The molecule has 1 heterocycles. The van der Waals surface area contributed by atoms with Crippen molar-refractivity contribution in [2.75, 3.05) is 5.32 Å². The molecule has 1 aliphatic carbocycles. The third-order valence-electron chi connectivity index (χ3n) is 4.56. The van der Waals surface area contributed by atoms with Crippen LogP contribution in [0.25, 0.3) is 0 Å². The minimum atomic E-state index is 0.0139. The Bertz CT molecular complexity index is 690. The maximum atomic E-state index is 12.2. The summed E-state index contributed by atoms with van der Waals surface area (Å²) in [5.41, 5.74) is 1.13. The lowest BCUT2D eigenvalue weighted by atomic mass is 10.1. The molecular weight excluding hydrogens is 314 g/mol. The highest BCUT2D eigenvalue weighted by Crippen LogP contribution is 2.24. The van der Waals surface area contributed by atoms with Gasteiger partial charge in [-0.3, -0.25) is 4.79 Å². The fraction of sp³-hybridized carbons (Fsp3) is 0.500. The number of ether oxygens (including phenoxy) is 1. The standard InChI is InChI=1S/C20H27N3O2/c1-2-14-23-19(12-13-21-23)22-20(24)11-10-16-6-5-9-18(15-16)25-17-7-3-4-8-17/h5-6,9,12-13,15,17H,2-4,7-8,10-11,14H2,1H3,(H,22,24). The summed E-state index contributed by atoms with van der Waals surface area (Å²) in [6.45, 7) is 2.90. The molecule has 1 aliphatic rings. The molecule has 0 spiro atoms. The predicted molar refractivity (Wildman–Crippen MR) is 98.8 cm³/mol. The van der Waals surface area contributed by atoms with Gasteiger partial charge in [-0.15, -0.1) is 0 Å². The highest BCUT2D eigenvalue weighted by atomic mass is 16.5. The topological polar surface area (TPSA) is 56.2 Å².